The lowest BCUT2D eigenvalue weighted by molar-refractivity contribution is -0.155. The Bertz CT molecular complexity index is 1440. The average Bonchev–Trinajstić information content (AvgIpc) is 3.61. The number of benzene rings is 2. The first-order chi connectivity index (χ1) is 21.4. The predicted molar refractivity (Wildman–Crippen MR) is 161 cm³/mol. The monoisotopic (exact) mass is 648 g/mol. The minimum absolute atomic E-state index is 0.137. The van der Waals surface area contributed by atoms with Crippen molar-refractivity contribution >= 4 is 29.3 Å². The molecule has 0 bridgehead atoms. The molecule has 1 aliphatic carbocycles. The number of amides is 1. The van der Waals surface area contributed by atoms with Crippen LogP contribution in [0.4, 0.5) is 5.69 Å². The maximum atomic E-state index is 12.9. The van der Waals surface area contributed by atoms with E-state index in [4.69, 9.17) is 41.0 Å². The quantitative estimate of drug-likeness (QED) is 0.113. The van der Waals surface area contributed by atoms with Gasteiger partial charge in [-0.15, -0.1) is 0 Å². The van der Waals surface area contributed by atoms with Crippen LogP contribution in [0.5, 0.6) is 11.5 Å². The first kappa shape index (κ1) is 33.1. The molecule has 2 aliphatic heterocycles. The molecule has 0 radical (unpaired) electrons. The van der Waals surface area contributed by atoms with Crippen molar-refractivity contribution in [2.45, 2.75) is 75.0 Å². The molecule has 0 spiro atoms. The molecule has 13 nitrogen and oxygen atoms in total. The number of nitrogens with one attached hydrogen (secondary N) is 1. The van der Waals surface area contributed by atoms with E-state index < -0.39 is 67.1 Å². The fraction of sp³-hybridized carbons (Fsp3) is 0.452. The van der Waals surface area contributed by atoms with Crippen molar-refractivity contribution in [3.63, 3.8) is 0 Å². The standard InChI is InChI=1S/C31H37ClN2O11/c1-14(8-9-41-18-5-3-4-17(32)12-18)27-25(38)26(39)31(45-27)44-20-7-6-16(11-19(20)33)10-15(2)30(40)34-21-22(35)24(37)29-28(23(21)36)42-13-43-29/h3-8,10-12,21-29,31,35-39H,9,13,33H2,1-2H3,(H,34,40)/t21-,22+,23-,24-,25-,26-,27-,28+,29-,31-/m1/s1. The summed E-state index contributed by atoms with van der Waals surface area (Å²) >= 11 is 5.97. The number of ether oxygens (including phenoxy) is 5. The normalized spacial score (nSPS) is 33.5. The van der Waals surface area contributed by atoms with Gasteiger partial charge in [-0.05, 0) is 67.5 Å². The van der Waals surface area contributed by atoms with E-state index in [-0.39, 0.29) is 30.4 Å². The smallest absolute Gasteiger partial charge is 0.247 e. The van der Waals surface area contributed by atoms with E-state index in [0.717, 1.165) is 0 Å². The van der Waals surface area contributed by atoms with Gasteiger partial charge in [0.25, 0.3) is 0 Å². The van der Waals surface area contributed by atoms with Crippen molar-refractivity contribution in [3.05, 3.63) is 70.3 Å². The van der Waals surface area contributed by atoms with E-state index in [2.05, 4.69) is 5.32 Å². The summed E-state index contributed by atoms with van der Waals surface area (Å²) in [7, 11) is 0. The zero-order valence-electron chi connectivity index (χ0n) is 24.5. The molecule has 0 unspecified atom stereocenters. The van der Waals surface area contributed by atoms with Gasteiger partial charge >= 0.3 is 0 Å². The van der Waals surface area contributed by atoms with Gasteiger partial charge in [0.05, 0.1) is 11.7 Å². The van der Waals surface area contributed by atoms with Crippen molar-refractivity contribution in [2.75, 3.05) is 19.1 Å². The van der Waals surface area contributed by atoms with E-state index in [0.29, 0.717) is 21.9 Å². The Hall–Kier alpha value is -3.24. The third-order valence-electron chi connectivity index (χ3n) is 8.04. The van der Waals surface area contributed by atoms with Crippen LogP contribution in [0.25, 0.3) is 6.08 Å². The maximum absolute atomic E-state index is 12.9. The van der Waals surface area contributed by atoms with E-state index in [1.165, 1.54) is 19.1 Å². The number of anilines is 1. The van der Waals surface area contributed by atoms with E-state index in [9.17, 15) is 30.3 Å². The van der Waals surface area contributed by atoms with Crippen LogP contribution in [-0.4, -0.2) is 106 Å². The van der Waals surface area contributed by atoms with Crippen LogP contribution in [0.1, 0.15) is 19.4 Å². The van der Waals surface area contributed by atoms with Crippen LogP contribution in [0.3, 0.4) is 0 Å². The van der Waals surface area contributed by atoms with Gasteiger partial charge in [-0.1, -0.05) is 23.7 Å². The number of carbonyl (C=O) groups excluding carboxylic acids is 1. The summed E-state index contributed by atoms with van der Waals surface area (Å²) in [6.07, 6.45) is -7.33. The first-order valence-corrected chi connectivity index (χ1v) is 14.7. The topological polar surface area (TPSA) is 202 Å². The van der Waals surface area contributed by atoms with Gasteiger partial charge in [0.1, 0.15) is 73.7 Å². The van der Waals surface area contributed by atoms with Crippen molar-refractivity contribution < 1.29 is 54.0 Å². The Morgan fingerprint density at radius 3 is 2.44 bits per heavy atom. The lowest BCUT2D eigenvalue weighted by atomic mass is 9.83. The van der Waals surface area contributed by atoms with Crippen molar-refractivity contribution in [1.29, 1.82) is 0 Å². The molecule has 10 atom stereocenters. The summed E-state index contributed by atoms with van der Waals surface area (Å²) < 4.78 is 27.8. The summed E-state index contributed by atoms with van der Waals surface area (Å²) in [6, 6.07) is 10.5. The van der Waals surface area contributed by atoms with Gasteiger partial charge < -0.3 is 60.3 Å². The van der Waals surface area contributed by atoms with Crippen LogP contribution >= 0.6 is 11.6 Å². The van der Waals surface area contributed by atoms with Gasteiger partial charge in [-0.3, -0.25) is 4.79 Å². The van der Waals surface area contributed by atoms with Crippen molar-refractivity contribution in [2.24, 2.45) is 0 Å². The molecule has 1 saturated carbocycles. The average molecular weight is 649 g/mol. The Morgan fingerprint density at radius 2 is 1.73 bits per heavy atom. The Labute approximate surface area is 264 Å². The van der Waals surface area contributed by atoms with Crippen LogP contribution in [0.15, 0.2) is 59.7 Å². The first-order valence-electron chi connectivity index (χ1n) is 14.3. The van der Waals surface area contributed by atoms with Gasteiger partial charge in [0.2, 0.25) is 12.2 Å². The molecule has 5 rings (SSSR count). The van der Waals surface area contributed by atoms with Gasteiger partial charge in [-0.25, -0.2) is 0 Å². The van der Waals surface area contributed by atoms with Gasteiger partial charge in [-0.2, -0.15) is 0 Å². The third-order valence-corrected chi connectivity index (χ3v) is 8.27. The molecule has 2 heterocycles. The SMILES string of the molecule is CC(=Cc1ccc(O[C@@H]2O[C@H](C(C)=CCOc3cccc(Cl)c3)[C@H](O)[C@H]2O)c(N)c1)C(=O)N[C@@H]1[C@H](O)[C@@H](O)[C@H]2OCO[C@H]2[C@@H]1O. The highest BCUT2D eigenvalue weighted by atomic mass is 35.5. The van der Waals surface area contributed by atoms with Crippen molar-refractivity contribution in [3.8, 4) is 11.5 Å². The second kappa shape index (κ2) is 14.0. The maximum Gasteiger partial charge on any atom is 0.247 e. The molecule has 2 saturated heterocycles. The minimum Gasteiger partial charge on any atom is -0.489 e. The molecule has 8 N–H and O–H groups in total. The molecule has 45 heavy (non-hydrogen) atoms. The van der Waals surface area contributed by atoms with E-state index in [1.54, 1.807) is 49.4 Å². The number of hydrogen-bond acceptors (Lipinski definition) is 12. The summed E-state index contributed by atoms with van der Waals surface area (Å²) in [4.78, 5) is 12.9. The number of nitrogens with two attached hydrogens (primary N) is 1. The summed E-state index contributed by atoms with van der Waals surface area (Å²) in [6.45, 7) is 3.32. The van der Waals surface area contributed by atoms with Gasteiger partial charge in [0.15, 0.2) is 0 Å². The molecule has 2 aromatic carbocycles. The molecule has 3 fully saturated rings. The van der Waals surface area contributed by atoms with E-state index in [1.807, 2.05) is 0 Å². The molecule has 0 aromatic heterocycles. The fourth-order valence-electron chi connectivity index (χ4n) is 5.49. The van der Waals surface area contributed by atoms with Crippen LogP contribution in [-0.2, 0) is 19.0 Å². The number of carbonyl (C=O) groups is 1. The molecule has 2 aromatic rings. The number of fused-ring (bicyclic) bond motifs is 1. The third kappa shape index (κ3) is 7.27. The number of aliphatic hydroxyl groups is 5. The van der Waals surface area contributed by atoms with Gasteiger partial charge in [0, 0.05) is 10.6 Å². The summed E-state index contributed by atoms with van der Waals surface area (Å²) in [5, 5.41) is 55.7. The van der Waals surface area contributed by atoms with Crippen LogP contribution < -0.4 is 20.5 Å². The highest BCUT2D eigenvalue weighted by molar-refractivity contribution is 6.30. The largest absolute Gasteiger partial charge is 0.489 e. The summed E-state index contributed by atoms with van der Waals surface area (Å²) in [5.41, 5.74) is 7.77. The molecule has 14 heteroatoms. The number of rotatable bonds is 9. The molecule has 3 aliphatic rings. The van der Waals surface area contributed by atoms with Crippen molar-refractivity contribution in [1.82, 2.24) is 5.32 Å². The predicted octanol–water partition coefficient (Wildman–Crippen LogP) is 0.499. The zero-order valence-corrected chi connectivity index (χ0v) is 25.3. The lowest BCUT2D eigenvalue weighted by Crippen LogP contribution is -2.67. The number of hydrogen-bond donors (Lipinski definition) is 7. The molecular formula is C31H37ClN2O11. The minimum atomic E-state index is -1.47. The highest BCUT2D eigenvalue weighted by Gasteiger charge is 2.53. The number of aliphatic hydroxyl groups excluding tert-OH is 5. The molecule has 244 valence electrons. The molecule has 1 amide bonds. The Balaban J connectivity index is 1.18. The second-order valence-corrected chi connectivity index (χ2v) is 11.7. The fourth-order valence-corrected chi connectivity index (χ4v) is 5.67. The van der Waals surface area contributed by atoms with Crippen LogP contribution in [0, 0.1) is 0 Å². The Kier molecular flexibility index (Phi) is 10.3. The molecular weight excluding hydrogens is 612 g/mol. The second-order valence-electron chi connectivity index (χ2n) is 11.2. The zero-order chi connectivity index (χ0) is 32.4. The summed E-state index contributed by atoms with van der Waals surface area (Å²) in [5.74, 6) is 0.179. The number of nitrogen functional groups attached to an aromatic ring is 1. The number of halogens is 1. The lowest BCUT2D eigenvalue weighted by Gasteiger charge is -2.41. The highest BCUT2D eigenvalue weighted by Crippen LogP contribution is 2.33. The Morgan fingerprint density at radius 1 is 1.00 bits per heavy atom. The van der Waals surface area contributed by atoms with Crippen LogP contribution in [0.2, 0.25) is 5.02 Å². The van der Waals surface area contributed by atoms with E-state index >= 15 is 0 Å².